The smallest absolute Gasteiger partial charge is 0.224 e. The number of aryl methyl sites for hydroxylation is 1. The number of carbonyl (C=O) groups is 2. The van der Waals surface area contributed by atoms with Crippen molar-refractivity contribution in [3.63, 3.8) is 0 Å². The molecule has 1 aromatic heterocycles. The highest BCUT2D eigenvalue weighted by Gasteiger charge is 2.08. The number of anilines is 1. The summed E-state index contributed by atoms with van der Waals surface area (Å²) >= 11 is 1.62. The maximum absolute atomic E-state index is 12.1. The number of nitrogens with zero attached hydrogens (tertiary/aromatic N) is 1. The number of carbonyl (C=O) groups excluding carboxylic acids is 2. The molecular formula is C18H16N2O2S. The van der Waals surface area contributed by atoms with Gasteiger partial charge >= 0.3 is 0 Å². The van der Waals surface area contributed by atoms with E-state index in [0.717, 1.165) is 15.2 Å². The largest absolute Gasteiger partial charge is 0.326 e. The Morgan fingerprint density at radius 3 is 2.74 bits per heavy atom. The van der Waals surface area contributed by atoms with Gasteiger partial charge in [0.1, 0.15) is 0 Å². The van der Waals surface area contributed by atoms with E-state index in [4.69, 9.17) is 0 Å². The molecule has 0 radical (unpaired) electrons. The van der Waals surface area contributed by atoms with Crippen LogP contribution >= 0.6 is 11.3 Å². The lowest BCUT2D eigenvalue weighted by molar-refractivity contribution is -0.116. The van der Waals surface area contributed by atoms with Crippen LogP contribution in [0.25, 0.3) is 10.2 Å². The maximum Gasteiger partial charge on any atom is 0.224 e. The van der Waals surface area contributed by atoms with Crippen LogP contribution < -0.4 is 5.32 Å². The van der Waals surface area contributed by atoms with Crippen LogP contribution in [0.4, 0.5) is 5.69 Å². The first-order chi connectivity index (χ1) is 11.1. The second kappa shape index (κ2) is 6.71. The topological polar surface area (TPSA) is 59.1 Å². The van der Waals surface area contributed by atoms with Gasteiger partial charge in [-0.1, -0.05) is 24.3 Å². The zero-order chi connectivity index (χ0) is 16.2. The van der Waals surface area contributed by atoms with E-state index in [1.807, 2.05) is 24.3 Å². The second-order valence-corrected chi connectivity index (χ2v) is 6.38. The Labute approximate surface area is 138 Å². The van der Waals surface area contributed by atoms with E-state index in [1.54, 1.807) is 35.6 Å². The van der Waals surface area contributed by atoms with Gasteiger partial charge in [0, 0.05) is 24.1 Å². The molecule has 5 heteroatoms. The molecule has 116 valence electrons. The molecule has 3 aromatic rings. The van der Waals surface area contributed by atoms with E-state index in [9.17, 15) is 9.59 Å². The molecule has 2 aromatic carbocycles. The van der Waals surface area contributed by atoms with Gasteiger partial charge in [0.05, 0.1) is 15.2 Å². The number of para-hydroxylation sites is 1. The molecule has 0 fully saturated rings. The van der Waals surface area contributed by atoms with Gasteiger partial charge in [0.25, 0.3) is 0 Å². The first-order valence-corrected chi connectivity index (χ1v) is 8.19. The number of thiazole rings is 1. The summed E-state index contributed by atoms with van der Waals surface area (Å²) in [7, 11) is 0. The first kappa shape index (κ1) is 15.4. The van der Waals surface area contributed by atoms with Crippen molar-refractivity contribution in [3.05, 3.63) is 59.1 Å². The van der Waals surface area contributed by atoms with Gasteiger partial charge in [-0.2, -0.15) is 0 Å². The molecule has 0 aliphatic carbocycles. The SMILES string of the molecule is CC(=O)c1cccc(NC(=O)CCc2nc3ccccc3s2)c1. The normalized spacial score (nSPS) is 10.7. The fraction of sp³-hybridized carbons (Fsp3) is 0.167. The molecule has 1 heterocycles. The molecule has 3 rings (SSSR count). The fourth-order valence-corrected chi connectivity index (χ4v) is 3.25. The molecule has 23 heavy (non-hydrogen) atoms. The van der Waals surface area contributed by atoms with Crippen molar-refractivity contribution >= 4 is 38.9 Å². The standard InChI is InChI=1S/C18H16N2O2S/c1-12(21)13-5-4-6-14(11-13)19-17(22)9-10-18-20-15-7-2-3-8-16(15)23-18/h2-8,11H,9-10H2,1H3,(H,19,22). The minimum absolute atomic E-state index is 0.0180. The van der Waals surface area contributed by atoms with Crippen LogP contribution in [-0.2, 0) is 11.2 Å². The van der Waals surface area contributed by atoms with Crippen molar-refractivity contribution in [1.29, 1.82) is 0 Å². The van der Waals surface area contributed by atoms with Crippen LogP contribution in [0.2, 0.25) is 0 Å². The van der Waals surface area contributed by atoms with E-state index in [0.29, 0.717) is 24.1 Å². The molecule has 0 aliphatic heterocycles. The Balaban J connectivity index is 1.61. The van der Waals surface area contributed by atoms with Gasteiger partial charge in [-0.25, -0.2) is 4.98 Å². The zero-order valence-corrected chi connectivity index (χ0v) is 13.5. The van der Waals surface area contributed by atoms with Gasteiger partial charge in [0.2, 0.25) is 5.91 Å². The van der Waals surface area contributed by atoms with Crippen molar-refractivity contribution < 1.29 is 9.59 Å². The Morgan fingerprint density at radius 2 is 1.96 bits per heavy atom. The maximum atomic E-state index is 12.1. The molecule has 4 nitrogen and oxygen atoms in total. The number of rotatable bonds is 5. The van der Waals surface area contributed by atoms with Crippen LogP contribution in [0.15, 0.2) is 48.5 Å². The average molecular weight is 324 g/mol. The van der Waals surface area contributed by atoms with E-state index in [2.05, 4.69) is 10.3 Å². The number of fused-ring (bicyclic) bond motifs is 1. The Kier molecular flexibility index (Phi) is 4.48. The monoisotopic (exact) mass is 324 g/mol. The number of ketones is 1. The molecule has 0 saturated carbocycles. The molecule has 0 bridgehead atoms. The van der Waals surface area contributed by atoms with Crippen molar-refractivity contribution in [1.82, 2.24) is 4.98 Å². The lowest BCUT2D eigenvalue weighted by Gasteiger charge is -2.05. The van der Waals surface area contributed by atoms with Gasteiger partial charge in [-0.05, 0) is 31.2 Å². The van der Waals surface area contributed by atoms with Gasteiger partial charge in [-0.15, -0.1) is 11.3 Å². The molecule has 0 saturated heterocycles. The third-order valence-electron chi connectivity index (χ3n) is 3.46. The number of Topliss-reactive ketones (excluding diaryl/α,β-unsaturated/α-hetero) is 1. The van der Waals surface area contributed by atoms with E-state index in [-0.39, 0.29) is 11.7 Å². The number of aromatic nitrogens is 1. The molecule has 0 spiro atoms. The fourth-order valence-electron chi connectivity index (χ4n) is 2.29. The molecule has 0 aliphatic rings. The highest BCUT2D eigenvalue weighted by molar-refractivity contribution is 7.18. The van der Waals surface area contributed by atoms with Crippen molar-refractivity contribution in [2.24, 2.45) is 0 Å². The predicted octanol–water partition coefficient (Wildman–Crippen LogP) is 4.07. The quantitative estimate of drug-likeness (QED) is 0.720. The number of amides is 1. The van der Waals surface area contributed by atoms with E-state index in [1.165, 1.54) is 6.92 Å². The number of hydrogen-bond donors (Lipinski definition) is 1. The van der Waals surface area contributed by atoms with Gasteiger partial charge in [-0.3, -0.25) is 9.59 Å². The first-order valence-electron chi connectivity index (χ1n) is 7.37. The van der Waals surface area contributed by atoms with E-state index < -0.39 is 0 Å². The summed E-state index contributed by atoms with van der Waals surface area (Å²) in [6.07, 6.45) is 0.974. The second-order valence-electron chi connectivity index (χ2n) is 5.26. The lowest BCUT2D eigenvalue weighted by atomic mass is 10.1. The van der Waals surface area contributed by atoms with Crippen LogP contribution in [0.1, 0.15) is 28.7 Å². The summed E-state index contributed by atoms with van der Waals surface area (Å²) in [6, 6.07) is 14.9. The molecular weight excluding hydrogens is 308 g/mol. The highest BCUT2D eigenvalue weighted by Crippen LogP contribution is 2.22. The third kappa shape index (κ3) is 3.81. The highest BCUT2D eigenvalue weighted by atomic mass is 32.1. The average Bonchev–Trinajstić information content (AvgIpc) is 2.96. The van der Waals surface area contributed by atoms with Crippen molar-refractivity contribution in [3.8, 4) is 0 Å². The summed E-state index contributed by atoms with van der Waals surface area (Å²) in [5.41, 5.74) is 2.21. The molecule has 0 atom stereocenters. The van der Waals surface area contributed by atoms with Gasteiger partial charge < -0.3 is 5.32 Å². The van der Waals surface area contributed by atoms with Crippen LogP contribution in [0.3, 0.4) is 0 Å². The Bertz CT molecular complexity index is 837. The minimum Gasteiger partial charge on any atom is -0.326 e. The predicted molar refractivity (Wildman–Crippen MR) is 93.0 cm³/mol. The zero-order valence-electron chi connectivity index (χ0n) is 12.7. The van der Waals surface area contributed by atoms with Crippen molar-refractivity contribution in [2.45, 2.75) is 19.8 Å². The molecule has 1 N–H and O–H groups in total. The van der Waals surface area contributed by atoms with Gasteiger partial charge in [0.15, 0.2) is 5.78 Å². The number of nitrogens with one attached hydrogen (secondary N) is 1. The van der Waals surface area contributed by atoms with E-state index >= 15 is 0 Å². The van der Waals surface area contributed by atoms with Crippen LogP contribution in [0, 0.1) is 0 Å². The summed E-state index contributed by atoms with van der Waals surface area (Å²) in [4.78, 5) is 27.9. The number of hydrogen-bond acceptors (Lipinski definition) is 4. The molecule has 0 unspecified atom stereocenters. The summed E-state index contributed by atoms with van der Waals surface area (Å²) in [6.45, 7) is 1.51. The lowest BCUT2D eigenvalue weighted by Crippen LogP contribution is -2.12. The third-order valence-corrected chi connectivity index (χ3v) is 4.55. The van der Waals surface area contributed by atoms with Crippen LogP contribution in [0.5, 0.6) is 0 Å². The summed E-state index contributed by atoms with van der Waals surface area (Å²) in [5.74, 6) is -0.0967. The molecule has 1 amide bonds. The Morgan fingerprint density at radius 1 is 1.13 bits per heavy atom. The van der Waals surface area contributed by atoms with Crippen LogP contribution in [-0.4, -0.2) is 16.7 Å². The summed E-state index contributed by atoms with van der Waals surface area (Å²) < 4.78 is 1.14. The Hall–Kier alpha value is -2.53. The minimum atomic E-state index is -0.0787. The number of benzene rings is 2. The van der Waals surface area contributed by atoms with Crippen molar-refractivity contribution in [2.75, 3.05) is 5.32 Å². The summed E-state index contributed by atoms with van der Waals surface area (Å²) in [5, 5.41) is 3.78.